The van der Waals surface area contributed by atoms with Gasteiger partial charge < -0.3 is 9.15 Å². The van der Waals surface area contributed by atoms with Crippen LogP contribution < -0.4 is 14.9 Å². The number of esters is 1. The van der Waals surface area contributed by atoms with E-state index in [1.807, 2.05) is 30.3 Å². The summed E-state index contributed by atoms with van der Waals surface area (Å²) >= 11 is 13.6. The molecule has 3 heterocycles. The Morgan fingerprint density at radius 3 is 2.52 bits per heavy atom. The number of halogens is 2. The number of nitro groups is 1. The van der Waals surface area contributed by atoms with Gasteiger partial charge in [-0.2, -0.15) is 0 Å². The summed E-state index contributed by atoms with van der Waals surface area (Å²) in [5, 5.41) is 11.8. The number of aromatic nitrogens is 1. The van der Waals surface area contributed by atoms with Gasteiger partial charge in [0.05, 0.1) is 38.4 Å². The van der Waals surface area contributed by atoms with E-state index in [2.05, 4.69) is 0 Å². The Labute approximate surface area is 263 Å². The number of furan rings is 1. The van der Waals surface area contributed by atoms with Gasteiger partial charge in [-0.3, -0.25) is 19.5 Å². The molecule has 0 saturated carbocycles. The smallest absolute Gasteiger partial charge is 0.338 e. The molecule has 5 aromatic rings. The highest BCUT2D eigenvalue weighted by atomic mass is 35.5. The van der Waals surface area contributed by atoms with Gasteiger partial charge in [-0.1, -0.05) is 77.0 Å². The van der Waals surface area contributed by atoms with Crippen molar-refractivity contribution in [3.8, 4) is 11.3 Å². The van der Waals surface area contributed by atoms with E-state index in [1.54, 1.807) is 49.4 Å². The maximum atomic E-state index is 14.0. The average Bonchev–Trinajstić information content (AvgIpc) is 3.61. The van der Waals surface area contributed by atoms with Crippen molar-refractivity contribution in [1.29, 1.82) is 0 Å². The van der Waals surface area contributed by atoms with E-state index in [4.69, 9.17) is 37.3 Å². The Morgan fingerprint density at radius 1 is 1.09 bits per heavy atom. The fourth-order valence-electron chi connectivity index (χ4n) is 4.92. The zero-order chi connectivity index (χ0) is 31.0. The van der Waals surface area contributed by atoms with Crippen molar-refractivity contribution >= 4 is 58.0 Å². The number of carbonyl (C=O) groups is 1. The van der Waals surface area contributed by atoms with E-state index in [0.29, 0.717) is 48.3 Å². The van der Waals surface area contributed by atoms with Crippen LogP contribution in [-0.4, -0.2) is 22.1 Å². The topological polar surface area (TPSA) is 117 Å². The normalized spacial score (nSPS) is 14.7. The van der Waals surface area contributed by atoms with Gasteiger partial charge in [0.1, 0.15) is 11.5 Å². The Bertz CT molecular complexity index is 2130. The number of thiazole rings is 1. The summed E-state index contributed by atoms with van der Waals surface area (Å²) in [5.41, 5.74) is 1.93. The maximum absolute atomic E-state index is 14.0. The third-order valence-electron chi connectivity index (χ3n) is 6.89. The lowest BCUT2D eigenvalue weighted by Gasteiger charge is -2.25. The lowest BCUT2D eigenvalue weighted by molar-refractivity contribution is -0.384. The van der Waals surface area contributed by atoms with Gasteiger partial charge in [-0.25, -0.2) is 9.79 Å². The van der Waals surface area contributed by atoms with Crippen LogP contribution in [0.15, 0.2) is 105 Å². The first-order valence-corrected chi connectivity index (χ1v) is 14.9. The average molecular weight is 647 g/mol. The van der Waals surface area contributed by atoms with Crippen LogP contribution in [0.4, 0.5) is 5.69 Å². The molecule has 6 rings (SSSR count). The number of nitrogens with zero attached hydrogens (tertiary/aromatic N) is 3. The molecule has 220 valence electrons. The van der Waals surface area contributed by atoms with Crippen molar-refractivity contribution < 1.29 is 18.9 Å². The molecule has 0 aliphatic carbocycles. The Kier molecular flexibility index (Phi) is 8.05. The molecular formula is C32H21Cl2N3O6S. The van der Waals surface area contributed by atoms with Crippen LogP contribution in [0.2, 0.25) is 10.0 Å². The highest BCUT2D eigenvalue weighted by Gasteiger charge is 2.35. The van der Waals surface area contributed by atoms with Crippen molar-refractivity contribution in [1.82, 2.24) is 4.57 Å². The molecule has 0 N–H and O–H groups in total. The van der Waals surface area contributed by atoms with Crippen LogP contribution in [0.1, 0.15) is 29.9 Å². The van der Waals surface area contributed by atoms with Crippen LogP contribution in [0.5, 0.6) is 0 Å². The largest absolute Gasteiger partial charge is 0.463 e. The molecule has 2 aromatic heterocycles. The summed E-state index contributed by atoms with van der Waals surface area (Å²) in [5.74, 6) is 0.148. The van der Waals surface area contributed by atoms with Crippen LogP contribution in [-0.2, 0) is 9.53 Å². The van der Waals surface area contributed by atoms with E-state index in [0.717, 1.165) is 11.3 Å². The molecule has 0 saturated heterocycles. The second-order valence-corrected chi connectivity index (χ2v) is 11.5. The minimum Gasteiger partial charge on any atom is -0.463 e. The minimum absolute atomic E-state index is 0.140. The van der Waals surface area contributed by atoms with Crippen molar-refractivity contribution in [3.05, 3.63) is 147 Å². The summed E-state index contributed by atoms with van der Waals surface area (Å²) < 4.78 is 13.2. The number of carbonyl (C=O) groups excluding carboxylic acids is 1. The molecule has 0 fully saturated rings. The SMILES string of the molecule is CCOC(=O)C1=C(c2ccccc2)N=c2s/c(=C\c3ccc(-c4ccc([N+](=O)[O-])cc4Cl)o3)c(=O)n2[C@@H]1c1ccc(Cl)cc1. The van der Waals surface area contributed by atoms with Crippen molar-refractivity contribution in [2.45, 2.75) is 13.0 Å². The molecule has 9 nitrogen and oxygen atoms in total. The summed E-state index contributed by atoms with van der Waals surface area (Å²) in [6.45, 7) is 1.86. The molecule has 1 aliphatic rings. The van der Waals surface area contributed by atoms with Gasteiger partial charge in [-0.05, 0) is 42.8 Å². The van der Waals surface area contributed by atoms with E-state index >= 15 is 0 Å². The Hall–Kier alpha value is -4.77. The van der Waals surface area contributed by atoms with E-state index in [-0.39, 0.29) is 28.4 Å². The molecule has 0 radical (unpaired) electrons. The van der Waals surface area contributed by atoms with Gasteiger partial charge in [0, 0.05) is 34.4 Å². The summed E-state index contributed by atoms with van der Waals surface area (Å²) in [6, 6.07) is 22.8. The lowest BCUT2D eigenvalue weighted by atomic mass is 9.93. The number of non-ortho nitro benzene ring substituents is 1. The first-order chi connectivity index (χ1) is 21.2. The van der Waals surface area contributed by atoms with Crippen molar-refractivity contribution in [2.75, 3.05) is 6.61 Å². The van der Waals surface area contributed by atoms with Gasteiger partial charge in [0.15, 0.2) is 4.80 Å². The maximum Gasteiger partial charge on any atom is 0.338 e. The fourth-order valence-corrected chi connectivity index (χ4v) is 6.30. The number of rotatable bonds is 7. The Morgan fingerprint density at radius 2 is 1.84 bits per heavy atom. The molecule has 1 aliphatic heterocycles. The second kappa shape index (κ2) is 12.1. The monoisotopic (exact) mass is 645 g/mol. The standard InChI is InChI=1S/C32H21Cl2N3O6S/c1-2-42-31(39)27-28(18-6-4-3-5-7-18)35-32-36(29(27)19-8-10-20(33)11-9-19)30(38)26(44-32)17-22-13-15-25(43-22)23-14-12-21(37(40)41)16-24(23)34/h3-17,29H,2H2,1H3/b26-17-/t29-/m1/s1. The quantitative estimate of drug-likeness (QED) is 0.115. The van der Waals surface area contributed by atoms with E-state index in [1.165, 1.54) is 22.8 Å². The summed E-state index contributed by atoms with van der Waals surface area (Å²) in [6.07, 6.45) is 1.59. The predicted octanol–water partition coefficient (Wildman–Crippen LogP) is 6.41. The molecule has 1 atom stereocenters. The Balaban J connectivity index is 1.52. The summed E-state index contributed by atoms with van der Waals surface area (Å²) in [4.78, 5) is 43.3. The molecule has 0 unspecified atom stereocenters. The number of hydrogen-bond donors (Lipinski definition) is 0. The number of hydrogen-bond acceptors (Lipinski definition) is 8. The molecular weight excluding hydrogens is 625 g/mol. The van der Waals surface area contributed by atoms with Crippen LogP contribution in [0.25, 0.3) is 23.1 Å². The number of fused-ring (bicyclic) bond motifs is 1. The fraction of sp³-hybridized carbons (Fsp3) is 0.0938. The molecule has 0 amide bonds. The van der Waals surface area contributed by atoms with E-state index < -0.39 is 16.9 Å². The number of ether oxygens (including phenoxy) is 1. The van der Waals surface area contributed by atoms with Crippen LogP contribution >= 0.6 is 34.5 Å². The molecule has 0 bridgehead atoms. The summed E-state index contributed by atoms with van der Waals surface area (Å²) in [7, 11) is 0. The van der Waals surface area contributed by atoms with E-state index in [9.17, 15) is 19.7 Å². The number of benzene rings is 3. The minimum atomic E-state index is -0.842. The molecule has 12 heteroatoms. The van der Waals surface area contributed by atoms with Crippen molar-refractivity contribution in [3.63, 3.8) is 0 Å². The van der Waals surface area contributed by atoms with Crippen LogP contribution in [0.3, 0.4) is 0 Å². The third-order valence-corrected chi connectivity index (χ3v) is 8.44. The van der Waals surface area contributed by atoms with Gasteiger partial charge in [0.25, 0.3) is 11.2 Å². The predicted molar refractivity (Wildman–Crippen MR) is 168 cm³/mol. The third kappa shape index (κ3) is 5.50. The van der Waals surface area contributed by atoms with Gasteiger partial charge in [-0.15, -0.1) is 0 Å². The molecule has 3 aromatic carbocycles. The van der Waals surface area contributed by atoms with Gasteiger partial charge in [0.2, 0.25) is 0 Å². The van der Waals surface area contributed by atoms with Crippen LogP contribution in [0, 0.1) is 10.1 Å². The zero-order valence-electron chi connectivity index (χ0n) is 22.9. The highest BCUT2D eigenvalue weighted by molar-refractivity contribution is 7.07. The molecule has 0 spiro atoms. The highest BCUT2D eigenvalue weighted by Crippen LogP contribution is 2.36. The number of nitro benzene ring substituents is 1. The first-order valence-electron chi connectivity index (χ1n) is 13.3. The zero-order valence-corrected chi connectivity index (χ0v) is 25.2. The van der Waals surface area contributed by atoms with Crippen molar-refractivity contribution in [2.24, 2.45) is 4.99 Å². The lowest BCUT2D eigenvalue weighted by Crippen LogP contribution is -2.39. The van der Waals surface area contributed by atoms with Gasteiger partial charge >= 0.3 is 5.97 Å². The first kappa shape index (κ1) is 29.3. The second-order valence-electron chi connectivity index (χ2n) is 9.61. The molecule has 44 heavy (non-hydrogen) atoms.